The molecule has 0 spiro atoms. The van der Waals surface area contributed by atoms with Crippen molar-refractivity contribution < 1.29 is 80.2 Å². The van der Waals surface area contributed by atoms with Crippen LogP contribution >= 0.6 is 15.6 Å². The van der Waals surface area contributed by atoms with Gasteiger partial charge in [-0.2, -0.15) is 0 Å². The highest BCUT2D eigenvalue weighted by Crippen LogP contribution is 2.45. The van der Waals surface area contributed by atoms with Crippen molar-refractivity contribution in [1.82, 2.24) is 0 Å². The molecule has 5 atom stereocenters. The van der Waals surface area contributed by atoms with Crippen LogP contribution in [-0.2, 0) is 65.4 Å². The summed E-state index contributed by atoms with van der Waals surface area (Å²) in [5.41, 5.74) is 0. The van der Waals surface area contributed by atoms with Gasteiger partial charge in [0.25, 0.3) is 0 Å². The topological polar surface area (TPSA) is 237 Å². The van der Waals surface area contributed by atoms with Crippen LogP contribution in [-0.4, -0.2) is 96.7 Å². The monoisotopic (exact) mass is 1270 g/mol. The number of phosphoric acid groups is 2. The number of ether oxygens (including phenoxy) is 4. The summed E-state index contributed by atoms with van der Waals surface area (Å²) in [6.45, 7) is 14.0. The molecule has 0 aliphatic heterocycles. The first-order valence-electron chi connectivity index (χ1n) is 34.7. The fraction of sp³-hybridized carbons (Fsp3) is 0.940. The molecule has 3 unspecified atom stereocenters. The van der Waals surface area contributed by atoms with E-state index < -0.39 is 97.5 Å². The van der Waals surface area contributed by atoms with E-state index in [9.17, 15) is 43.2 Å². The molecule has 19 heteroatoms. The van der Waals surface area contributed by atoms with Gasteiger partial charge in [0.05, 0.1) is 26.4 Å². The standard InChI is InChI=1S/C67H130O17P2/c1-57(2)43-35-27-19-13-10-9-11-15-23-31-39-47-64(69)77-53-62(83-66(71)49-41-33-24-16-12-14-20-28-36-44-58(3)4)55-81-85(73,74)79-51-61(68)52-80-86(75,76)82-56-63(84-67(72)50-42-34-26-18-22-30-38-46-60(7)8)54-78-65(70)48-40-32-25-17-21-29-37-45-59(5)6/h57-63,68H,9-56H2,1-8H3,(H,73,74)(H,75,76)/t61?,62-,63-/m1/s1. The van der Waals surface area contributed by atoms with Crippen molar-refractivity contribution in [2.24, 2.45) is 23.7 Å². The molecular formula is C67H130O17P2. The van der Waals surface area contributed by atoms with E-state index in [1.54, 1.807) is 0 Å². The first-order chi connectivity index (χ1) is 41.1. The van der Waals surface area contributed by atoms with E-state index in [1.807, 2.05) is 0 Å². The van der Waals surface area contributed by atoms with Crippen LogP contribution in [0.5, 0.6) is 0 Å². The Bertz CT molecular complexity index is 1710. The van der Waals surface area contributed by atoms with Gasteiger partial charge in [0, 0.05) is 25.7 Å². The molecular weight excluding hydrogens is 1140 g/mol. The molecule has 0 aromatic carbocycles. The summed E-state index contributed by atoms with van der Waals surface area (Å²) in [4.78, 5) is 72.3. The van der Waals surface area contributed by atoms with Gasteiger partial charge in [0.1, 0.15) is 19.3 Å². The third-order valence-electron chi connectivity index (χ3n) is 15.3. The Balaban J connectivity index is 5.25. The average molecular weight is 1270 g/mol. The number of carbonyl (C=O) groups excluding carboxylic acids is 4. The predicted molar refractivity (Wildman–Crippen MR) is 344 cm³/mol. The molecule has 0 heterocycles. The Hall–Kier alpha value is -1.94. The highest BCUT2D eigenvalue weighted by atomic mass is 31.2. The molecule has 0 aromatic rings. The van der Waals surface area contributed by atoms with Crippen LogP contribution in [0.2, 0.25) is 0 Å². The zero-order chi connectivity index (χ0) is 63.9. The van der Waals surface area contributed by atoms with E-state index in [0.29, 0.717) is 37.5 Å². The maximum atomic E-state index is 13.0. The van der Waals surface area contributed by atoms with E-state index >= 15 is 0 Å². The molecule has 0 aliphatic rings. The molecule has 510 valence electrons. The highest BCUT2D eigenvalue weighted by molar-refractivity contribution is 7.47. The minimum absolute atomic E-state index is 0.102. The van der Waals surface area contributed by atoms with Crippen molar-refractivity contribution in [3.8, 4) is 0 Å². The number of unbranched alkanes of at least 4 members (excludes halogenated alkanes) is 30. The van der Waals surface area contributed by atoms with Gasteiger partial charge in [-0.1, -0.05) is 274 Å². The Morgan fingerprint density at radius 2 is 0.488 bits per heavy atom. The van der Waals surface area contributed by atoms with Crippen LogP contribution in [0.3, 0.4) is 0 Å². The van der Waals surface area contributed by atoms with Crippen LogP contribution in [0.1, 0.15) is 325 Å². The molecule has 0 fully saturated rings. The lowest BCUT2D eigenvalue weighted by Gasteiger charge is -2.21. The molecule has 86 heavy (non-hydrogen) atoms. The maximum Gasteiger partial charge on any atom is 0.472 e. The Labute approximate surface area is 524 Å². The Morgan fingerprint density at radius 1 is 0.291 bits per heavy atom. The van der Waals surface area contributed by atoms with Gasteiger partial charge < -0.3 is 33.8 Å². The first kappa shape index (κ1) is 84.1. The molecule has 0 rings (SSSR count). The predicted octanol–water partition coefficient (Wildman–Crippen LogP) is 18.5. The minimum Gasteiger partial charge on any atom is -0.462 e. The highest BCUT2D eigenvalue weighted by Gasteiger charge is 2.30. The molecule has 0 bridgehead atoms. The first-order valence-corrected chi connectivity index (χ1v) is 37.7. The number of aliphatic hydroxyl groups excluding tert-OH is 1. The van der Waals surface area contributed by atoms with E-state index in [4.69, 9.17) is 37.0 Å². The van der Waals surface area contributed by atoms with Gasteiger partial charge in [0.15, 0.2) is 12.2 Å². The molecule has 0 aromatic heterocycles. The zero-order valence-electron chi connectivity index (χ0n) is 55.9. The number of hydrogen-bond acceptors (Lipinski definition) is 15. The fourth-order valence-electron chi connectivity index (χ4n) is 9.96. The number of phosphoric ester groups is 2. The van der Waals surface area contributed by atoms with Crippen LogP contribution in [0.4, 0.5) is 0 Å². The van der Waals surface area contributed by atoms with Gasteiger partial charge in [-0.15, -0.1) is 0 Å². The zero-order valence-corrected chi connectivity index (χ0v) is 57.7. The largest absolute Gasteiger partial charge is 0.472 e. The number of carbonyl (C=O) groups is 4. The van der Waals surface area contributed by atoms with Crippen molar-refractivity contribution in [2.75, 3.05) is 39.6 Å². The van der Waals surface area contributed by atoms with Crippen molar-refractivity contribution in [1.29, 1.82) is 0 Å². The van der Waals surface area contributed by atoms with E-state index in [1.165, 1.54) is 122 Å². The molecule has 0 saturated heterocycles. The quantitative estimate of drug-likeness (QED) is 0.0222. The summed E-state index contributed by atoms with van der Waals surface area (Å²) in [5.74, 6) is 0.772. The smallest absolute Gasteiger partial charge is 0.462 e. The lowest BCUT2D eigenvalue weighted by atomic mass is 10.0. The van der Waals surface area contributed by atoms with Crippen LogP contribution in [0.25, 0.3) is 0 Å². The summed E-state index contributed by atoms with van der Waals surface area (Å²) in [6.07, 6.45) is 37.7. The van der Waals surface area contributed by atoms with E-state index in [0.717, 1.165) is 108 Å². The average Bonchev–Trinajstić information content (AvgIpc) is 3.44. The fourth-order valence-corrected chi connectivity index (χ4v) is 11.5. The SMILES string of the molecule is CC(C)CCCCCCCCCCCCCC(=O)OC[C@H](COP(=O)(O)OCC(O)COP(=O)(O)OC[C@@H](COC(=O)CCCCCCCCCC(C)C)OC(=O)CCCCCCCCCC(C)C)OC(=O)CCCCCCCCCCCC(C)C. The second kappa shape index (κ2) is 57.0. The van der Waals surface area contributed by atoms with E-state index in [-0.39, 0.29) is 25.7 Å². The third kappa shape index (κ3) is 60.9. The normalized spacial score (nSPS) is 14.4. The Morgan fingerprint density at radius 3 is 0.721 bits per heavy atom. The van der Waals surface area contributed by atoms with Gasteiger partial charge in [-0.05, 0) is 49.4 Å². The summed E-state index contributed by atoms with van der Waals surface area (Å²) in [7, 11) is -9.90. The molecule has 0 amide bonds. The second-order valence-corrected chi connectivity index (χ2v) is 29.0. The lowest BCUT2D eigenvalue weighted by Crippen LogP contribution is -2.30. The number of hydrogen-bond donors (Lipinski definition) is 3. The lowest BCUT2D eigenvalue weighted by molar-refractivity contribution is -0.161. The van der Waals surface area contributed by atoms with Crippen molar-refractivity contribution in [3.63, 3.8) is 0 Å². The van der Waals surface area contributed by atoms with Crippen LogP contribution in [0, 0.1) is 23.7 Å². The third-order valence-corrected chi connectivity index (χ3v) is 17.2. The van der Waals surface area contributed by atoms with Crippen LogP contribution < -0.4 is 0 Å². The minimum atomic E-state index is -4.95. The number of esters is 4. The summed E-state index contributed by atoms with van der Waals surface area (Å²) in [5, 5.41) is 10.6. The molecule has 0 saturated carbocycles. The maximum absolute atomic E-state index is 13.0. The van der Waals surface area contributed by atoms with Crippen molar-refractivity contribution in [2.45, 2.75) is 343 Å². The number of rotatable bonds is 64. The molecule has 0 radical (unpaired) electrons. The van der Waals surface area contributed by atoms with Gasteiger partial charge in [-0.25, -0.2) is 9.13 Å². The summed E-state index contributed by atoms with van der Waals surface area (Å²) < 4.78 is 68.1. The van der Waals surface area contributed by atoms with Crippen molar-refractivity contribution >= 4 is 39.5 Å². The van der Waals surface area contributed by atoms with Gasteiger partial charge in [-0.3, -0.25) is 37.3 Å². The Kier molecular flexibility index (Phi) is 55.7. The number of aliphatic hydroxyl groups is 1. The van der Waals surface area contributed by atoms with Gasteiger partial charge in [0.2, 0.25) is 0 Å². The summed E-state index contributed by atoms with van der Waals surface area (Å²) in [6, 6.07) is 0. The van der Waals surface area contributed by atoms with Gasteiger partial charge >= 0.3 is 39.5 Å². The van der Waals surface area contributed by atoms with Crippen molar-refractivity contribution in [3.05, 3.63) is 0 Å². The molecule has 3 N–H and O–H groups in total. The van der Waals surface area contributed by atoms with E-state index in [2.05, 4.69) is 55.4 Å². The van der Waals surface area contributed by atoms with Crippen LogP contribution in [0.15, 0.2) is 0 Å². The molecule has 17 nitrogen and oxygen atoms in total. The summed E-state index contributed by atoms with van der Waals surface area (Å²) >= 11 is 0. The second-order valence-electron chi connectivity index (χ2n) is 26.1. The molecule has 0 aliphatic carbocycles.